The summed E-state index contributed by atoms with van der Waals surface area (Å²) < 4.78 is 2.47. The Balaban J connectivity index is 1.78. The number of hydrogen-bond donors (Lipinski definition) is 0. The van der Waals surface area contributed by atoms with Gasteiger partial charge in [-0.2, -0.15) is 0 Å². The Morgan fingerprint density at radius 3 is 2.36 bits per heavy atom. The van der Waals surface area contributed by atoms with Gasteiger partial charge in [0.2, 0.25) is 0 Å². The number of rotatable bonds is 1. The van der Waals surface area contributed by atoms with E-state index in [2.05, 4.69) is 84.4 Å². The first kappa shape index (κ1) is 16.4. The van der Waals surface area contributed by atoms with E-state index in [1.54, 1.807) is 16.3 Å². The molecule has 1 aliphatic heterocycles. The van der Waals surface area contributed by atoms with Crippen LogP contribution in [0.2, 0.25) is 13.1 Å². The maximum Gasteiger partial charge on any atom is 0.109 e. The van der Waals surface area contributed by atoms with Gasteiger partial charge in [-0.15, -0.1) is 0 Å². The van der Waals surface area contributed by atoms with Crippen molar-refractivity contribution in [1.29, 1.82) is 0 Å². The summed E-state index contributed by atoms with van der Waals surface area (Å²) in [6, 6.07) is 24.7. The van der Waals surface area contributed by atoms with E-state index in [0.29, 0.717) is 0 Å². The molecule has 0 radical (unpaired) electrons. The Kier molecular flexibility index (Phi) is 3.34. The number of hydrogen-bond acceptors (Lipinski definition) is 0. The average Bonchev–Trinajstić information content (AvgIpc) is 3.19. The third kappa shape index (κ3) is 2.02. The van der Waals surface area contributed by atoms with Crippen molar-refractivity contribution in [2.45, 2.75) is 38.8 Å². The van der Waals surface area contributed by atoms with Crippen LogP contribution in [-0.2, 0) is 0 Å². The molecular formula is C26H25NSi. The molecule has 3 aromatic carbocycles. The van der Waals surface area contributed by atoms with Crippen molar-refractivity contribution in [3.8, 4) is 5.69 Å². The second-order valence-corrected chi connectivity index (χ2v) is 13.2. The minimum absolute atomic E-state index is 1.25. The molecule has 4 aromatic rings. The molecule has 6 rings (SSSR count). The van der Waals surface area contributed by atoms with E-state index in [1.807, 2.05) is 5.20 Å². The Morgan fingerprint density at radius 2 is 1.50 bits per heavy atom. The highest BCUT2D eigenvalue weighted by Gasteiger charge is 2.42. The Labute approximate surface area is 167 Å². The van der Waals surface area contributed by atoms with Crippen molar-refractivity contribution in [2.24, 2.45) is 0 Å². The van der Waals surface area contributed by atoms with Gasteiger partial charge in [0, 0.05) is 16.5 Å². The van der Waals surface area contributed by atoms with Crippen LogP contribution in [-0.4, -0.2) is 12.6 Å². The molecule has 0 spiro atoms. The van der Waals surface area contributed by atoms with E-state index in [0.717, 1.165) is 0 Å². The third-order valence-electron chi connectivity index (χ3n) is 7.03. The smallest absolute Gasteiger partial charge is 0.109 e. The van der Waals surface area contributed by atoms with Crippen LogP contribution >= 0.6 is 0 Å². The van der Waals surface area contributed by atoms with E-state index in [1.165, 1.54) is 53.2 Å². The van der Waals surface area contributed by atoms with E-state index in [9.17, 15) is 0 Å². The van der Waals surface area contributed by atoms with Gasteiger partial charge in [0.1, 0.15) is 8.07 Å². The molecule has 1 nitrogen and oxygen atoms in total. The first-order valence-electron chi connectivity index (χ1n) is 10.5. The number of nitrogens with zero attached hydrogens (tertiary/aromatic N) is 1. The molecule has 0 saturated heterocycles. The number of para-hydroxylation sites is 2. The van der Waals surface area contributed by atoms with Crippen LogP contribution in [0.15, 0.2) is 71.9 Å². The minimum atomic E-state index is -1.63. The summed E-state index contributed by atoms with van der Waals surface area (Å²) in [4.78, 5) is 0. The predicted molar refractivity (Wildman–Crippen MR) is 123 cm³/mol. The summed E-state index contributed by atoms with van der Waals surface area (Å²) in [5, 5.41) is 6.46. The van der Waals surface area contributed by atoms with Gasteiger partial charge in [-0.3, -0.25) is 0 Å². The van der Waals surface area contributed by atoms with Crippen molar-refractivity contribution in [3.63, 3.8) is 0 Å². The van der Waals surface area contributed by atoms with Crippen molar-refractivity contribution >= 4 is 40.6 Å². The molecule has 2 heteroatoms. The third-order valence-corrected chi connectivity index (χ3v) is 10.9. The fourth-order valence-corrected chi connectivity index (χ4v) is 9.77. The fourth-order valence-electron chi connectivity index (χ4n) is 5.86. The minimum Gasteiger partial charge on any atom is -0.309 e. The Morgan fingerprint density at radius 1 is 0.750 bits per heavy atom. The molecule has 1 aromatic heterocycles. The molecule has 0 saturated carbocycles. The molecule has 2 aliphatic rings. The molecule has 0 amide bonds. The maximum absolute atomic E-state index is 2.59. The average molecular weight is 380 g/mol. The molecule has 0 unspecified atom stereocenters. The highest BCUT2D eigenvalue weighted by Crippen LogP contribution is 2.45. The van der Waals surface area contributed by atoms with Gasteiger partial charge in [-0.25, -0.2) is 0 Å². The van der Waals surface area contributed by atoms with Crippen LogP contribution in [0.3, 0.4) is 0 Å². The van der Waals surface area contributed by atoms with Gasteiger partial charge >= 0.3 is 0 Å². The lowest BCUT2D eigenvalue weighted by molar-refractivity contribution is 0.733. The molecular weight excluding hydrogens is 354 g/mol. The summed E-state index contributed by atoms with van der Waals surface area (Å²) in [6.07, 6.45) is 5.33. The van der Waals surface area contributed by atoms with Gasteiger partial charge in [0.05, 0.1) is 11.0 Å². The summed E-state index contributed by atoms with van der Waals surface area (Å²) in [5.74, 6) is 0. The van der Waals surface area contributed by atoms with E-state index >= 15 is 0 Å². The topological polar surface area (TPSA) is 4.93 Å². The zero-order valence-electron chi connectivity index (χ0n) is 16.6. The monoisotopic (exact) mass is 379 g/mol. The van der Waals surface area contributed by atoms with Gasteiger partial charge in [-0.1, -0.05) is 60.8 Å². The highest BCUT2D eigenvalue weighted by molar-refractivity contribution is 7.00. The number of aromatic nitrogens is 1. The zero-order valence-corrected chi connectivity index (χ0v) is 17.6. The standard InChI is InChI=1S/C26H25NSi/c1-28(2)24-15-9-7-12-19(24)20-16-17-23-25(26(20)28)21-13-6-8-14-22(21)27(23)18-10-4-3-5-11-18/h3-6,8,10-11,13-14,16-17H,7,9,12,15H2,1-2H3. The molecule has 28 heavy (non-hydrogen) atoms. The van der Waals surface area contributed by atoms with Crippen molar-refractivity contribution in [2.75, 3.05) is 0 Å². The quantitative estimate of drug-likeness (QED) is 0.329. The largest absolute Gasteiger partial charge is 0.309 e. The van der Waals surface area contributed by atoms with Crippen LogP contribution in [0, 0.1) is 0 Å². The second-order valence-electron chi connectivity index (χ2n) is 8.86. The molecule has 138 valence electrons. The van der Waals surface area contributed by atoms with Crippen LogP contribution in [0.25, 0.3) is 33.1 Å². The lowest BCUT2D eigenvalue weighted by atomic mass is 9.93. The van der Waals surface area contributed by atoms with Gasteiger partial charge in [0.15, 0.2) is 0 Å². The van der Waals surface area contributed by atoms with Crippen LogP contribution in [0.5, 0.6) is 0 Å². The summed E-state index contributed by atoms with van der Waals surface area (Å²) in [5.41, 5.74) is 7.23. The van der Waals surface area contributed by atoms with Crippen molar-refractivity contribution in [3.05, 3.63) is 77.5 Å². The fraction of sp³-hybridized carbons (Fsp3) is 0.231. The van der Waals surface area contributed by atoms with Crippen molar-refractivity contribution in [1.82, 2.24) is 4.57 Å². The lowest BCUT2D eigenvalue weighted by Crippen LogP contribution is -2.42. The van der Waals surface area contributed by atoms with E-state index in [-0.39, 0.29) is 0 Å². The Bertz CT molecular complexity index is 1270. The predicted octanol–water partition coefficient (Wildman–Crippen LogP) is 6.58. The van der Waals surface area contributed by atoms with Gasteiger partial charge < -0.3 is 4.57 Å². The maximum atomic E-state index is 2.59. The SMILES string of the molecule is C[Si]1(C)C2=C(CCCC2)c2ccc3c(c21)c1ccccc1n3-c1ccccc1. The van der Waals surface area contributed by atoms with Crippen molar-refractivity contribution < 1.29 is 0 Å². The molecule has 0 atom stereocenters. The highest BCUT2D eigenvalue weighted by atomic mass is 28.3. The number of benzene rings is 3. The van der Waals surface area contributed by atoms with Crippen LogP contribution < -0.4 is 5.19 Å². The van der Waals surface area contributed by atoms with Gasteiger partial charge in [-0.05, 0) is 66.3 Å². The van der Waals surface area contributed by atoms with E-state index < -0.39 is 8.07 Å². The Hall–Kier alpha value is -2.58. The van der Waals surface area contributed by atoms with Crippen LogP contribution in [0.1, 0.15) is 31.2 Å². The number of fused-ring (bicyclic) bond motifs is 6. The molecule has 0 N–H and O–H groups in total. The van der Waals surface area contributed by atoms with E-state index in [4.69, 9.17) is 0 Å². The first-order chi connectivity index (χ1) is 13.7. The van der Waals surface area contributed by atoms with Gasteiger partial charge in [0.25, 0.3) is 0 Å². The second kappa shape index (κ2) is 5.71. The van der Waals surface area contributed by atoms with Crippen LogP contribution in [0.4, 0.5) is 0 Å². The number of allylic oxidation sites excluding steroid dienone is 2. The summed E-state index contributed by atoms with van der Waals surface area (Å²) in [7, 11) is -1.63. The molecule has 1 aliphatic carbocycles. The first-order valence-corrected chi connectivity index (χ1v) is 13.5. The normalized spacial score (nSPS) is 17.9. The lowest BCUT2D eigenvalue weighted by Gasteiger charge is -2.25. The summed E-state index contributed by atoms with van der Waals surface area (Å²) in [6.45, 7) is 5.18. The molecule has 0 bridgehead atoms. The zero-order chi connectivity index (χ0) is 18.9. The summed E-state index contributed by atoms with van der Waals surface area (Å²) >= 11 is 0. The molecule has 2 heterocycles. The molecule has 0 fully saturated rings.